The fraction of sp³-hybridized carbons (Fsp3) is 0.333. The predicted octanol–water partition coefficient (Wildman–Crippen LogP) is 5.76. The van der Waals surface area contributed by atoms with Gasteiger partial charge in [-0.2, -0.15) is 0 Å². The van der Waals surface area contributed by atoms with Gasteiger partial charge in [0.2, 0.25) is 0 Å². The van der Waals surface area contributed by atoms with Crippen LogP contribution in [0.5, 0.6) is 0 Å². The standard InChI is InChI=1S/C9H10N2O2.C9H12N2.C6H5BrN2O2.C3H7BO2.ClH.Fe/c10-8-4-3-7(6-1-2-6)5-9(8)11(12)13;10-8-4-3-7(5-9(8)11)6-1-2-6;7-4-1-2-5(8)6(3-4)9(10)11;5-4(6)3-1-2-3;;/h3-6H,1-2,10H2;3-6H,1-2,10-11H2;1-3H,8H2;3,5-6H,1-2H2;1H;. The van der Waals surface area contributed by atoms with Gasteiger partial charge in [0, 0.05) is 33.7 Å². The number of benzene rings is 3. The van der Waals surface area contributed by atoms with E-state index in [9.17, 15) is 20.2 Å². The van der Waals surface area contributed by atoms with Crippen LogP contribution >= 0.6 is 28.3 Å². The van der Waals surface area contributed by atoms with Gasteiger partial charge in [0.1, 0.15) is 11.4 Å². The number of nitro benzene ring substituents is 2. The first kappa shape index (κ1) is 38.0. The number of hydrogen-bond acceptors (Lipinski definition) is 10. The second-order valence-corrected chi connectivity index (χ2v) is 11.1. The van der Waals surface area contributed by atoms with E-state index in [4.69, 9.17) is 33.0 Å². The Morgan fingerprint density at radius 1 is 0.674 bits per heavy atom. The van der Waals surface area contributed by atoms with Crippen LogP contribution in [0.25, 0.3) is 0 Å². The summed E-state index contributed by atoms with van der Waals surface area (Å²) in [7, 11) is -1.04. The second-order valence-electron chi connectivity index (χ2n) is 10.2. The van der Waals surface area contributed by atoms with Gasteiger partial charge in [-0.25, -0.2) is 0 Å². The molecular weight excluding hydrogens is 686 g/mol. The first-order chi connectivity index (χ1) is 19.4. The number of nitrogen functional groups attached to an aromatic ring is 4. The molecule has 43 heavy (non-hydrogen) atoms. The molecule has 0 aliphatic heterocycles. The Hall–Kier alpha value is -3.07. The minimum atomic E-state index is -1.04. The SMILES string of the molecule is Cl.Nc1ccc(Br)cc1[N+](=O)[O-].Nc1ccc(C2CC2)cc1N.Nc1ccc(C2CC2)cc1[N+](=O)[O-].OB(O)C1CC1.[Fe]. The summed E-state index contributed by atoms with van der Waals surface area (Å²) in [6, 6.07) is 15.6. The maximum absolute atomic E-state index is 10.5. The van der Waals surface area contributed by atoms with Crippen LogP contribution in [0.2, 0.25) is 5.82 Å². The van der Waals surface area contributed by atoms with E-state index in [1.165, 1.54) is 30.5 Å². The Balaban J connectivity index is 0.000000290. The minimum absolute atomic E-state index is 0. The third kappa shape index (κ3) is 12.6. The van der Waals surface area contributed by atoms with Crippen molar-refractivity contribution < 1.29 is 37.0 Å². The summed E-state index contributed by atoms with van der Waals surface area (Å²) in [5.74, 6) is 1.50. The van der Waals surface area contributed by atoms with E-state index in [-0.39, 0.29) is 58.0 Å². The fourth-order valence-electron chi connectivity index (χ4n) is 3.72. The molecule has 0 atom stereocenters. The Morgan fingerprint density at radius 2 is 1.09 bits per heavy atom. The van der Waals surface area contributed by atoms with E-state index < -0.39 is 17.0 Å². The summed E-state index contributed by atoms with van der Waals surface area (Å²) in [5, 5.41) is 37.3. The molecule has 6 rings (SSSR count). The smallest absolute Gasteiger partial charge is 0.427 e. The quantitative estimate of drug-likeness (QED) is 0.0807. The van der Waals surface area contributed by atoms with Crippen LogP contribution in [0, 0.1) is 20.2 Å². The van der Waals surface area contributed by atoms with E-state index in [1.807, 2.05) is 18.2 Å². The zero-order valence-electron chi connectivity index (χ0n) is 23.1. The van der Waals surface area contributed by atoms with Crippen molar-refractivity contribution in [2.24, 2.45) is 0 Å². The molecule has 0 bridgehead atoms. The summed E-state index contributed by atoms with van der Waals surface area (Å²) in [5.41, 5.74) is 26.2. The molecular formula is C27H35BBrClFeN6O6. The Morgan fingerprint density at radius 3 is 1.44 bits per heavy atom. The molecule has 3 aliphatic rings. The molecule has 0 aromatic heterocycles. The van der Waals surface area contributed by atoms with E-state index in [2.05, 4.69) is 22.0 Å². The average molecular weight is 722 g/mol. The molecule has 10 N–H and O–H groups in total. The first-order valence-electron chi connectivity index (χ1n) is 13.1. The molecule has 234 valence electrons. The van der Waals surface area contributed by atoms with Gasteiger partial charge < -0.3 is 33.0 Å². The molecule has 16 heteroatoms. The van der Waals surface area contributed by atoms with Gasteiger partial charge in [0.05, 0.1) is 21.2 Å². The van der Waals surface area contributed by atoms with Gasteiger partial charge in [0.15, 0.2) is 0 Å². The average Bonchev–Trinajstić information content (AvgIpc) is 3.78. The van der Waals surface area contributed by atoms with Crippen LogP contribution in [-0.4, -0.2) is 27.0 Å². The topological polar surface area (TPSA) is 231 Å². The molecule has 3 aliphatic carbocycles. The third-order valence-electron chi connectivity index (χ3n) is 6.69. The molecule has 12 nitrogen and oxygen atoms in total. The summed E-state index contributed by atoms with van der Waals surface area (Å²) in [6.07, 6.45) is 6.89. The number of anilines is 4. The van der Waals surface area contributed by atoms with Crippen LogP contribution in [0.4, 0.5) is 34.1 Å². The van der Waals surface area contributed by atoms with Crippen LogP contribution in [0.15, 0.2) is 59.1 Å². The summed E-state index contributed by atoms with van der Waals surface area (Å²) >= 11 is 3.10. The van der Waals surface area contributed by atoms with Crippen molar-refractivity contribution in [3.63, 3.8) is 0 Å². The fourth-order valence-corrected chi connectivity index (χ4v) is 4.07. The van der Waals surface area contributed by atoms with Crippen LogP contribution in [0.1, 0.15) is 61.5 Å². The van der Waals surface area contributed by atoms with Gasteiger partial charge >= 0.3 is 7.12 Å². The largest absolute Gasteiger partial charge is 0.454 e. The minimum Gasteiger partial charge on any atom is -0.427 e. The van der Waals surface area contributed by atoms with Crippen molar-refractivity contribution in [1.82, 2.24) is 0 Å². The Bertz CT molecular complexity index is 1400. The van der Waals surface area contributed by atoms with Gasteiger partial charge in [-0.05, 0) is 84.8 Å². The molecule has 0 heterocycles. The van der Waals surface area contributed by atoms with Crippen LogP contribution in [-0.2, 0) is 17.1 Å². The molecule has 0 saturated heterocycles. The molecule has 3 fully saturated rings. The van der Waals surface area contributed by atoms with Crippen molar-refractivity contribution >= 4 is 69.6 Å². The maximum atomic E-state index is 10.5. The van der Waals surface area contributed by atoms with E-state index in [0.29, 0.717) is 16.1 Å². The third-order valence-corrected chi connectivity index (χ3v) is 7.19. The molecule has 0 radical (unpaired) electrons. The Labute approximate surface area is 275 Å². The number of nitrogens with two attached hydrogens (primary N) is 4. The summed E-state index contributed by atoms with van der Waals surface area (Å²) in [6.45, 7) is 0. The summed E-state index contributed by atoms with van der Waals surface area (Å²) < 4.78 is 0.651. The monoisotopic (exact) mass is 720 g/mol. The number of rotatable bonds is 5. The van der Waals surface area contributed by atoms with E-state index in [1.54, 1.807) is 18.2 Å². The van der Waals surface area contributed by atoms with Gasteiger partial charge in [-0.3, -0.25) is 20.2 Å². The van der Waals surface area contributed by atoms with Gasteiger partial charge in [0.25, 0.3) is 11.4 Å². The number of nitrogens with zero attached hydrogens (tertiary/aromatic N) is 2. The number of nitro groups is 2. The maximum Gasteiger partial charge on any atom is 0.454 e. The molecule has 3 saturated carbocycles. The van der Waals surface area contributed by atoms with Crippen molar-refractivity contribution in [2.45, 2.75) is 56.2 Å². The van der Waals surface area contributed by atoms with Crippen molar-refractivity contribution in [3.8, 4) is 0 Å². The number of hydrogen-bond donors (Lipinski definition) is 6. The first-order valence-corrected chi connectivity index (χ1v) is 13.9. The van der Waals surface area contributed by atoms with Gasteiger partial charge in [-0.15, -0.1) is 12.4 Å². The zero-order valence-corrected chi connectivity index (χ0v) is 26.6. The normalized spacial score (nSPS) is 14.4. The molecule has 3 aromatic carbocycles. The molecule has 0 amide bonds. The van der Waals surface area contributed by atoms with E-state index in [0.717, 1.165) is 42.9 Å². The van der Waals surface area contributed by atoms with Crippen molar-refractivity contribution in [3.05, 3.63) is 90.4 Å². The van der Waals surface area contributed by atoms with E-state index >= 15 is 0 Å². The Kier molecular flexibility index (Phi) is 15.3. The zero-order chi connectivity index (χ0) is 30.3. The van der Waals surface area contributed by atoms with Crippen LogP contribution < -0.4 is 22.9 Å². The molecule has 0 unspecified atom stereocenters. The predicted molar refractivity (Wildman–Crippen MR) is 172 cm³/mol. The van der Waals surface area contributed by atoms with Crippen LogP contribution in [0.3, 0.4) is 0 Å². The second kappa shape index (κ2) is 17.3. The van der Waals surface area contributed by atoms with Crippen molar-refractivity contribution in [1.29, 1.82) is 0 Å². The van der Waals surface area contributed by atoms with Crippen molar-refractivity contribution in [2.75, 3.05) is 22.9 Å². The van der Waals surface area contributed by atoms with Gasteiger partial charge in [-0.1, -0.05) is 40.9 Å². The molecule has 0 spiro atoms. The summed E-state index contributed by atoms with van der Waals surface area (Å²) in [4.78, 5) is 19.9. The number of halogens is 2. The molecule has 3 aromatic rings.